The number of nitrogens with zero attached hydrogens (tertiary/aromatic N) is 2. The largest absolute Gasteiger partial charge is 0.383 e. The molecular formula is C10H16N4OS. The molecule has 1 aromatic heterocycles. The maximum absolute atomic E-state index is 5.71. The highest BCUT2D eigenvalue weighted by Gasteiger charge is 2.24. The molecule has 5 nitrogen and oxygen atoms in total. The number of ether oxygens (including phenoxy) is 1. The molecule has 1 aromatic rings. The van der Waals surface area contributed by atoms with Crippen molar-refractivity contribution in [3.63, 3.8) is 0 Å². The van der Waals surface area contributed by atoms with Crippen LogP contribution in [0, 0.1) is 0 Å². The highest BCUT2D eigenvalue weighted by molar-refractivity contribution is 7.98. The highest BCUT2D eigenvalue weighted by Crippen LogP contribution is 2.20. The zero-order valence-corrected chi connectivity index (χ0v) is 10.3. The molecule has 0 aliphatic carbocycles. The third kappa shape index (κ3) is 2.56. The third-order valence-corrected chi connectivity index (χ3v) is 3.17. The first-order valence-corrected chi connectivity index (χ1v) is 6.48. The van der Waals surface area contributed by atoms with E-state index in [9.17, 15) is 0 Å². The number of nitrogens with one attached hydrogen (secondary N) is 1. The molecule has 1 aliphatic rings. The second kappa shape index (κ2) is 4.88. The van der Waals surface area contributed by atoms with E-state index >= 15 is 0 Å². The Morgan fingerprint density at radius 1 is 1.56 bits per heavy atom. The predicted octanol–water partition coefficient (Wildman–Crippen LogP) is 1.37. The summed E-state index contributed by atoms with van der Waals surface area (Å²) in [6.45, 7) is 2.86. The van der Waals surface area contributed by atoms with E-state index in [4.69, 9.17) is 10.5 Å². The van der Waals surface area contributed by atoms with Crippen LogP contribution in [0.2, 0.25) is 0 Å². The molecule has 0 amide bonds. The molecule has 0 saturated carbocycles. The van der Waals surface area contributed by atoms with Crippen LogP contribution in [0.3, 0.4) is 0 Å². The molecule has 16 heavy (non-hydrogen) atoms. The number of thioether (sulfide) groups is 1. The fourth-order valence-corrected chi connectivity index (χ4v) is 2.11. The van der Waals surface area contributed by atoms with Crippen LogP contribution in [0.5, 0.6) is 0 Å². The Bertz CT molecular complexity index is 374. The number of anilines is 2. The second-order valence-electron chi connectivity index (χ2n) is 3.78. The standard InChI is InChI=1S/C10H16N4OS/c1-6-7(3-4-15-6)12-9-5-8(11)13-10(14-9)16-2/h5-7H,3-4H2,1-2H3,(H3,11,12,13,14). The van der Waals surface area contributed by atoms with Gasteiger partial charge >= 0.3 is 0 Å². The van der Waals surface area contributed by atoms with Gasteiger partial charge in [-0.15, -0.1) is 0 Å². The topological polar surface area (TPSA) is 73.1 Å². The van der Waals surface area contributed by atoms with Crippen molar-refractivity contribution in [3.05, 3.63) is 6.07 Å². The molecular weight excluding hydrogens is 224 g/mol. The van der Waals surface area contributed by atoms with Crippen LogP contribution in [-0.2, 0) is 4.74 Å². The summed E-state index contributed by atoms with van der Waals surface area (Å²) < 4.78 is 5.48. The second-order valence-corrected chi connectivity index (χ2v) is 4.55. The summed E-state index contributed by atoms with van der Waals surface area (Å²) in [4.78, 5) is 8.46. The predicted molar refractivity (Wildman–Crippen MR) is 65.7 cm³/mol. The summed E-state index contributed by atoms with van der Waals surface area (Å²) in [5, 5.41) is 4.03. The van der Waals surface area contributed by atoms with Crippen LogP contribution in [0.15, 0.2) is 11.2 Å². The first kappa shape index (κ1) is 11.5. The van der Waals surface area contributed by atoms with Crippen LogP contribution in [0.25, 0.3) is 0 Å². The van der Waals surface area contributed by atoms with Crippen LogP contribution < -0.4 is 11.1 Å². The first-order chi connectivity index (χ1) is 7.69. The lowest BCUT2D eigenvalue weighted by Crippen LogP contribution is -2.27. The van der Waals surface area contributed by atoms with Crippen molar-refractivity contribution in [1.82, 2.24) is 9.97 Å². The summed E-state index contributed by atoms with van der Waals surface area (Å²) in [6.07, 6.45) is 3.15. The molecule has 2 heterocycles. The molecule has 1 fully saturated rings. The Morgan fingerprint density at radius 3 is 3.00 bits per heavy atom. The minimum absolute atomic E-state index is 0.217. The molecule has 3 N–H and O–H groups in total. The maximum Gasteiger partial charge on any atom is 0.191 e. The normalized spacial score (nSPS) is 24.6. The van der Waals surface area contributed by atoms with Crippen molar-refractivity contribution >= 4 is 23.4 Å². The molecule has 88 valence electrons. The lowest BCUT2D eigenvalue weighted by molar-refractivity contribution is 0.121. The lowest BCUT2D eigenvalue weighted by Gasteiger charge is -2.16. The number of rotatable bonds is 3. The van der Waals surface area contributed by atoms with E-state index < -0.39 is 0 Å². The van der Waals surface area contributed by atoms with E-state index in [0.717, 1.165) is 18.8 Å². The van der Waals surface area contributed by atoms with E-state index in [1.165, 1.54) is 11.8 Å². The molecule has 0 radical (unpaired) electrons. The number of hydrogen-bond donors (Lipinski definition) is 2. The van der Waals surface area contributed by atoms with E-state index in [0.29, 0.717) is 17.0 Å². The summed E-state index contributed by atoms with van der Waals surface area (Å²) in [7, 11) is 0. The molecule has 2 unspecified atom stereocenters. The van der Waals surface area contributed by atoms with Gasteiger partial charge in [0.15, 0.2) is 5.16 Å². The first-order valence-electron chi connectivity index (χ1n) is 5.25. The van der Waals surface area contributed by atoms with Crippen LogP contribution >= 0.6 is 11.8 Å². The maximum atomic E-state index is 5.71. The molecule has 1 aliphatic heterocycles. The van der Waals surface area contributed by atoms with Crippen molar-refractivity contribution in [2.24, 2.45) is 0 Å². The van der Waals surface area contributed by atoms with E-state index in [1.54, 1.807) is 6.07 Å². The molecule has 6 heteroatoms. The quantitative estimate of drug-likeness (QED) is 0.614. The van der Waals surface area contributed by atoms with Crippen LogP contribution in [0.1, 0.15) is 13.3 Å². The van der Waals surface area contributed by atoms with Crippen molar-refractivity contribution in [3.8, 4) is 0 Å². The molecule has 0 spiro atoms. The minimum Gasteiger partial charge on any atom is -0.383 e. The lowest BCUT2D eigenvalue weighted by atomic mass is 10.1. The third-order valence-electron chi connectivity index (χ3n) is 2.62. The number of hydrogen-bond acceptors (Lipinski definition) is 6. The van der Waals surface area contributed by atoms with Crippen molar-refractivity contribution in [2.45, 2.75) is 30.6 Å². The van der Waals surface area contributed by atoms with Gasteiger partial charge in [-0.25, -0.2) is 9.97 Å². The summed E-state index contributed by atoms with van der Waals surface area (Å²) >= 11 is 1.48. The van der Waals surface area contributed by atoms with Gasteiger partial charge in [0.2, 0.25) is 0 Å². The summed E-state index contributed by atoms with van der Waals surface area (Å²) in [5.74, 6) is 1.27. The molecule has 2 rings (SSSR count). The fourth-order valence-electron chi connectivity index (χ4n) is 1.72. The zero-order chi connectivity index (χ0) is 11.5. The Kier molecular flexibility index (Phi) is 3.50. The Morgan fingerprint density at radius 2 is 2.38 bits per heavy atom. The van der Waals surface area contributed by atoms with Crippen molar-refractivity contribution < 1.29 is 4.74 Å². The smallest absolute Gasteiger partial charge is 0.191 e. The SMILES string of the molecule is CSc1nc(N)cc(NC2CCOC2C)n1. The van der Waals surface area contributed by atoms with Gasteiger partial charge in [-0.05, 0) is 19.6 Å². The number of nitrogen functional groups attached to an aromatic ring is 1. The van der Waals surface area contributed by atoms with E-state index in [-0.39, 0.29) is 6.10 Å². The summed E-state index contributed by atoms with van der Waals surface area (Å²) in [5.41, 5.74) is 5.71. The Balaban J connectivity index is 2.11. The number of aromatic nitrogens is 2. The molecule has 1 saturated heterocycles. The van der Waals surface area contributed by atoms with Gasteiger partial charge < -0.3 is 15.8 Å². The van der Waals surface area contributed by atoms with Gasteiger partial charge in [0.05, 0.1) is 12.1 Å². The highest BCUT2D eigenvalue weighted by atomic mass is 32.2. The van der Waals surface area contributed by atoms with E-state index in [1.807, 2.05) is 6.26 Å². The molecule has 2 atom stereocenters. The van der Waals surface area contributed by atoms with Crippen LogP contribution in [0.4, 0.5) is 11.6 Å². The Labute approximate surface area is 99.2 Å². The average molecular weight is 240 g/mol. The van der Waals surface area contributed by atoms with Gasteiger partial charge in [0, 0.05) is 12.7 Å². The van der Waals surface area contributed by atoms with Gasteiger partial charge in [-0.1, -0.05) is 11.8 Å². The van der Waals surface area contributed by atoms with Crippen molar-refractivity contribution in [1.29, 1.82) is 0 Å². The summed E-state index contributed by atoms with van der Waals surface area (Å²) in [6, 6.07) is 2.06. The van der Waals surface area contributed by atoms with Gasteiger partial charge in [0.25, 0.3) is 0 Å². The fraction of sp³-hybridized carbons (Fsp3) is 0.600. The van der Waals surface area contributed by atoms with Gasteiger partial charge in [0.1, 0.15) is 11.6 Å². The Hall–Kier alpha value is -1.01. The number of nitrogens with two attached hydrogens (primary N) is 1. The van der Waals surface area contributed by atoms with E-state index in [2.05, 4.69) is 22.2 Å². The zero-order valence-electron chi connectivity index (χ0n) is 9.43. The minimum atomic E-state index is 0.217. The average Bonchev–Trinajstić information content (AvgIpc) is 2.63. The van der Waals surface area contributed by atoms with Crippen LogP contribution in [-0.4, -0.2) is 35.0 Å². The van der Waals surface area contributed by atoms with Crippen molar-refractivity contribution in [2.75, 3.05) is 23.9 Å². The van der Waals surface area contributed by atoms with Gasteiger partial charge in [-0.2, -0.15) is 0 Å². The van der Waals surface area contributed by atoms with Gasteiger partial charge in [-0.3, -0.25) is 0 Å². The molecule has 0 bridgehead atoms. The monoisotopic (exact) mass is 240 g/mol. The molecule has 0 aromatic carbocycles.